The Morgan fingerprint density at radius 3 is 2.17 bits per heavy atom. The van der Waals surface area contributed by atoms with Gasteiger partial charge in [0.2, 0.25) is 5.88 Å². The minimum atomic E-state index is -4.35. The van der Waals surface area contributed by atoms with Crippen LogP contribution in [0.2, 0.25) is 5.02 Å². The molecule has 0 atom stereocenters. The molecule has 0 aliphatic heterocycles. The summed E-state index contributed by atoms with van der Waals surface area (Å²) in [7, 11) is 0. The second kappa shape index (κ2) is 4.86. The van der Waals surface area contributed by atoms with Crippen LogP contribution in [0, 0.1) is 0 Å². The fraction of sp³-hybridized carbons (Fsp3) is 0.0833. The predicted octanol–water partition coefficient (Wildman–Crippen LogP) is 4.55. The number of benzene rings is 1. The summed E-state index contributed by atoms with van der Waals surface area (Å²) < 4.78 is 42.2. The Balaban J connectivity index is 2.13. The largest absolute Gasteiger partial charge is 0.439 e. The van der Waals surface area contributed by atoms with Crippen molar-refractivity contribution in [2.45, 2.75) is 6.18 Å². The fourth-order valence-electron chi connectivity index (χ4n) is 1.26. The maximum absolute atomic E-state index is 12.3. The summed E-state index contributed by atoms with van der Waals surface area (Å²) in [5, 5.41) is 0.453. The summed E-state index contributed by atoms with van der Waals surface area (Å²) in [6.07, 6.45) is -2.96. The maximum atomic E-state index is 12.3. The number of pyridine rings is 1. The van der Waals surface area contributed by atoms with Crippen LogP contribution in [-0.2, 0) is 6.18 Å². The van der Waals surface area contributed by atoms with Gasteiger partial charge >= 0.3 is 6.18 Å². The molecular weight excluding hydrogens is 267 g/mol. The first-order chi connectivity index (χ1) is 8.45. The Hall–Kier alpha value is -1.75. The second-order valence-electron chi connectivity index (χ2n) is 3.44. The van der Waals surface area contributed by atoms with E-state index in [9.17, 15) is 13.2 Å². The summed E-state index contributed by atoms with van der Waals surface area (Å²) >= 11 is 5.64. The third-order valence-corrected chi connectivity index (χ3v) is 2.33. The van der Waals surface area contributed by atoms with Gasteiger partial charge in [-0.3, -0.25) is 0 Å². The molecule has 0 fully saturated rings. The van der Waals surface area contributed by atoms with Crippen molar-refractivity contribution in [2.75, 3.05) is 0 Å². The van der Waals surface area contributed by atoms with Gasteiger partial charge in [-0.1, -0.05) is 11.6 Å². The van der Waals surface area contributed by atoms with Crippen molar-refractivity contribution in [3.63, 3.8) is 0 Å². The summed E-state index contributed by atoms with van der Waals surface area (Å²) in [5.74, 6) is 0.539. The molecule has 0 saturated heterocycles. The molecule has 0 spiro atoms. The average molecular weight is 274 g/mol. The molecular formula is C12H7ClF3NO. The van der Waals surface area contributed by atoms with E-state index in [2.05, 4.69) is 4.98 Å². The quantitative estimate of drug-likeness (QED) is 0.801. The van der Waals surface area contributed by atoms with Crippen molar-refractivity contribution >= 4 is 11.6 Å². The Morgan fingerprint density at radius 1 is 1.00 bits per heavy atom. The Labute approximate surface area is 106 Å². The van der Waals surface area contributed by atoms with E-state index < -0.39 is 11.7 Å². The molecule has 1 aromatic heterocycles. The lowest BCUT2D eigenvalue weighted by Gasteiger charge is -2.08. The lowest BCUT2D eigenvalue weighted by Crippen LogP contribution is -2.04. The molecule has 6 heteroatoms. The molecule has 0 amide bonds. The molecule has 0 unspecified atom stereocenters. The van der Waals surface area contributed by atoms with Crippen molar-refractivity contribution in [3.8, 4) is 11.6 Å². The zero-order valence-electron chi connectivity index (χ0n) is 8.91. The molecule has 18 heavy (non-hydrogen) atoms. The Bertz CT molecular complexity index is 523. The van der Waals surface area contributed by atoms with Gasteiger partial charge in [0, 0.05) is 12.3 Å². The molecule has 0 bridgehead atoms. The van der Waals surface area contributed by atoms with Crippen LogP contribution in [0.3, 0.4) is 0 Å². The molecule has 0 saturated carbocycles. The van der Waals surface area contributed by atoms with Gasteiger partial charge in [0.05, 0.1) is 10.6 Å². The molecule has 0 aliphatic carbocycles. The normalized spacial score (nSPS) is 11.3. The first-order valence-electron chi connectivity index (χ1n) is 4.92. The Kier molecular flexibility index (Phi) is 3.43. The molecule has 2 aromatic rings. The SMILES string of the molecule is FC(F)(F)c1ccc(Oc2ccc(Cl)cn2)cc1. The van der Waals surface area contributed by atoms with Crippen LogP contribution in [0.5, 0.6) is 11.6 Å². The minimum Gasteiger partial charge on any atom is -0.439 e. The van der Waals surface area contributed by atoms with E-state index in [0.717, 1.165) is 12.1 Å². The van der Waals surface area contributed by atoms with Gasteiger partial charge in [0.25, 0.3) is 0 Å². The topological polar surface area (TPSA) is 22.1 Å². The monoisotopic (exact) mass is 273 g/mol. The van der Waals surface area contributed by atoms with Crippen LogP contribution in [0.15, 0.2) is 42.6 Å². The summed E-state index contributed by atoms with van der Waals surface area (Å²) in [6, 6.07) is 7.47. The molecule has 2 rings (SSSR count). The van der Waals surface area contributed by atoms with E-state index in [0.29, 0.717) is 5.02 Å². The van der Waals surface area contributed by atoms with Crippen LogP contribution >= 0.6 is 11.6 Å². The summed E-state index contributed by atoms with van der Waals surface area (Å²) in [6.45, 7) is 0. The van der Waals surface area contributed by atoms with E-state index in [4.69, 9.17) is 16.3 Å². The number of hydrogen-bond donors (Lipinski definition) is 0. The molecule has 0 radical (unpaired) electrons. The minimum absolute atomic E-state index is 0.263. The first-order valence-corrected chi connectivity index (χ1v) is 5.29. The lowest BCUT2D eigenvalue weighted by molar-refractivity contribution is -0.137. The molecule has 0 N–H and O–H groups in total. The number of hydrogen-bond acceptors (Lipinski definition) is 2. The molecule has 2 nitrogen and oxygen atoms in total. The van der Waals surface area contributed by atoms with E-state index in [-0.39, 0.29) is 11.6 Å². The molecule has 1 heterocycles. The number of halogens is 4. The summed E-state index contributed by atoms with van der Waals surface area (Å²) in [4.78, 5) is 3.87. The fourth-order valence-corrected chi connectivity index (χ4v) is 1.37. The van der Waals surface area contributed by atoms with Gasteiger partial charge < -0.3 is 4.74 Å². The smallest absolute Gasteiger partial charge is 0.416 e. The van der Waals surface area contributed by atoms with E-state index >= 15 is 0 Å². The van der Waals surface area contributed by atoms with Gasteiger partial charge in [-0.15, -0.1) is 0 Å². The van der Waals surface area contributed by atoms with Crippen molar-refractivity contribution in [1.82, 2.24) is 4.98 Å². The van der Waals surface area contributed by atoms with Gasteiger partial charge in [-0.05, 0) is 30.3 Å². The van der Waals surface area contributed by atoms with Crippen LogP contribution in [0.1, 0.15) is 5.56 Å². The Morgan fingerprint density at radius 2 is 1.67 bits per heavy atom. The van der Waals surface area contributed by atoms with Crippen molar-refractivity contribution in [3.05, 3.63) is 53.2 Å². The number of aromatic nitrogens is 1. The van der Waals surface area contributed by atoms with E-state index in [1.165, 1.54) is 24.4 Å². The molecule has 1 aromatic carbocycles. The number of rotatable bonds is 2. The standard InChI is InChI=1S/C12H7ClF3NO/c13-9-3-6-11(17-7-9)18-10-4-1-8(2-5-10)12(14,15)16/h1-7H. The van der Waals surface area contributed by atoms with Gasteiger partial charge in [-0.2, -0.15) is 13.2 Å². The zero-order valence-corrected chi connectivity index (χ0v) is 9.66. The third-order valence-electron chi connectivity index (χ3n) is 2.10. The first kappa shape index (κ1) is 12.7. The van der Waals surface area contributed by atoms with E-state index in [1.807, 2.05) is 0 Å². The van der Waals surface area contributed by atoms with Gasteiger partial charge in [0.15, 0.2) is 0 Å². The highest BCUT2D eigenvalue weighted by molar-refractivity contribution is 6.30. The van der Waals surface area contributed by atoms with Crippen LogP contribution in [0.4, 0.5) is 13.2 Å². The summed E-state index contributed by atoms with van der Waals surface area (Å²) in [5.41, 5.74) is -0.723. The number of ether oxygens (including phenoxy) is 1. The average Bonchev–Trinajstić information content (AvgIpc) is 2.32. The van der Waals surface area contributed by atoms with Crippen LogP contribution in [-0.4, -0.2) is 4.98 Å². The highest BCUT2D eigenvalue weighted by Crippen LogP contribution is 2.31. The third kappa shape index (κ3) is 3.13. The van der Waals surface area contributed by atoms with Crippen LogP contribution in [0.25, 0.3) is 0 Å². The molecule has 94 valence electrons. The second-order valence-corrected chi connectivity index (χ2v) is 3.88. The highest BCUT2D eigenvalue weighted by Gasteiger charge is 2.30. The van der Waals surface area contributed by atoms with Crippen molar-refractivity contribution in [1.29, 1.82) is 0 Å². The molecule has 0 aliphatic rings. The highest BCUT2D eigenvalue weighted by atomic mass is 35.5. The van der Waals surface area contributed by atoms with Gasteiger partial charge in [-0.25, -0.2) is 4.98 Å². The predicted molar refractivity (Wildman–Crippen MR) is 60.8 cm³/mol. The van der Waals surface area contributed by atoms with Crippen molar-refractivity contribution in [2.24, 2.45) is 0 Å². The lowest BCUT2D eigenvalue weighted by atomic mass is 10.2. The number of alkyl halides is 3. The van der Waals surface area contributed by atoms with Crippen molar-refractivity contribution < 1.29 is 17.9 Å². The van der Waals surface area contributed by atoms with E-state index in [1.54, 1.807) is 6.07 Å². The number of nitrogens with zero attached hydrogens (tertiary/aromatic N) is 1. The maximum Gasteiger partial charge on any atom is 0.416 e. The van der Waals surface area contributed by atoms with Crippen LogP contribution < -0.4 is 4.74 Å². The zero-order chi connectivity index (χ0) is 13.2. The van der Waals surface area contributed by atoms with Gasteiger partial charge in [0.1, 0.15) is 5.75 Å².